The smallest absolute Gasteiger partial charge is 0.00140 e. The predicted octanol–water partition coefficient (Wildman–Crippen LogP) is 7.04. The molecule has 174 valence electrons. The van der Waals surface area contributed by atoms with Crippen LogP contribution in [0.25, 0.3) is 0 Å². The fraction of sp³-hybridized carbons (Fsp3) is 1.00. The zero-order chi connectivity index (χ0) is 23.0. The Morgan fingerprint density at radius 3 is 1.48 bits per heavy atom. The molecule has 0 heteroatoms. The molecule has 0 heterocycles. The third-order valence-electron chi connectivity index (χ3n) is 24.3. The van der Waals surface area contributed by atoms with Crippen molar-refractivity contribution in [2.24, 2.45) is 110 Å². The van der Waals surface area contributed by atoms with Crippen LogP contribution < -0.4 is 0 Å². The Morgan fingerprint density at radius 2 is 0.939 bits per heavy atom. The first-order valence-corrected chi connectivity index (χ1v) is 15.0. The van der Waals surface area contributed by atoms with Crippen molar-refractivity contribution in [1.82, 2.24) is 0 Å². The standard InChI is InChI=1S/C33H42/c1-14-16-17-15-13-27(15)26(12)24(10)19(4,5)22(8)21(7)18(2,3)23(9)25(11)20(14,6)28(16)29(17,27)33(26)31(22,24)30(21,23)32(25,28)33/h14-17H,13H2,1-12H3. The van der Waals surface area contributed by atoms with Gasteiger partial charge in [0, 0.05) is 0 Å². The Labute approximate surface area is 199 Å². The quantitative estimate of drug-likeness (QED) is 0.380. The predicted molar refractivity (Wildman–Crippen MR) is 126 cm³/mol. The van der Waals surface area contributed by atoms with E-state index in [1.54, 1.807) is 6.42 Å². The topological polar surface area (TPSA) is 0 Å². The average molecular weight is 439 g/mol. The molecule has 13 aliphatic rings. The maximum Gasteiger partial charge on any atom is -0.00140 e. The monoisotopic (exact) mass is 438 g/mol. The molecule has 0 nitrogen and oxygen atoms in total. The van der Waals surface area contributed by atoms with Crippen molar-refractivity contribution in [3.8, 4) is 0 Å². The molecule has 7 spiro atoms. The summed E-state index contributed by atoms with van der Waals surface area (Å²) in [6, 6.07) is 0. The Balaban J connectivity index is 1.29. The van der Waals surface area contributed by atoms with Gasteiger partial charge < -0.3 is 0 Å². The highest BCUT2D eigenvalue weighted by atomic mass is 15.5. The van der Waals surface area contributed by atoms with Gasteiger partial charge >= 0.3 is 0 Å². The van der Waals surface area contributed by atoms with E-state index in [4.69, 9.17) is 0 Å². The summed E-state index contributed by atoms with van der Waals surface area (Å²) in [6.45, 7) is 34.2. The van der Waals surface area contributed by atoms with Crippen LogP contribution in [0.2, 0.25) is 0 Å². The van der Waals surface area contributed by atoms with Gasteiger partial charge in [-0.25, -0.2) is 0 Å². The van der Waals surface area contributed by atoms with Crippen LogP contribution in [0, 0.1) is 110 Å². The molecule has 13 fully saturated rings. The van der Waals surface area contributed by atoms with Crippen LogP contribution in [-0.2, 0) is 0 Å². The number of hydrogen-bond donors (Lipinski definition) is 0. The number of fused-ring (bicyclic) bond motifs is 6. The van der Waals surface area contributed by atoms with Crippen LogP contribution in [0.3, 0.4) is 0 Å². The third-order valence-corrected chi connectivity index (χ3v) is 24.3. The van der Waals surface area contributed by atoms with Crippen molar-refractivity contribution in [3.63, 3.8) is 0 Å². The SMILES string of the molecule is CC1C2C3C4CC45C4(C)C6(C)C(C)(C)C7(C)C8(C)C(C)(C)C9(C)C%10(C)C1(C)C21C35C42C76C89C%1012. The van der Waals surface area contributed by atoms with Gasteiger partial charge in [0.05, 0.1) is 0 Å². The average Bonchev–Trinajstić information content (AvgIpc) is 3.43. The summed E-state index contributed by atoms with van der Waals surface area (Å²) < 4.78 is 0. The fourth-order valence-corrected chi connectivity index (χ4v) is 26.3. The molecule has 0 saturated heterocycles. The van der Waals surface area contributed by atoms with Crippen molar-refractivity contribution >= 4 is 0 Å². The van der Waals surface area contributed by atoms with Crippen molar-refractivity contribution in [2.45, 2.75) is 89.5 Å². The summed E-state index contributed by atoms with van der Waals surface area (Å²) >= 11 is 0. The molecule has 0 aromatic heterocycles. The first-order valence-electron chi connectivity index (χ1n) is 15.0. The van der Waals surface area contributed by atoms with Crippen molar-refractivity contribution in [2.75, 3.05) is 0 Å². The molecular weight excluding hydrogens is 396 g/mol. The van der Waals surface area contributed by atoms with E-state index in [0.29, 0.717) is 59.6 Å². The second-order valence-electron chi connectivity index (χ2n) is 19.4. The fourth-order valence-electron chi connectivity index (χ4n) is 26.3. The van der Waals surface area contributed by atoms with Crippen LogP contribution >= 0.6 is 0 Å². The second-order valence-corrected chi connectivity index (χ2v) is 19.4. The van der Waals surface area contributed by atoms with Crippen LogP contribution in [0.15, 0.2) is 0 Å². The van der Waals surface area contributed by atoms with Gasteiger partial charge in [0.2, 0.25) is 0 Å². The highest BCUT2D eigenvalue weighted by Gasteiger charge is 3.49. The molecule has 0 aliphatic heterocycles. The molecule has 13 rings (SSSR count). The van der Waals surface area contributed by atoms with Crippen molar-refractivity contribution in [3.05, 3.63) is 0 Å². The van der Waals surface area contributed by atoms with Gasteiger partial charge in [-0.05, 0) is 117 Å². The van der Waals surface area contributed by atoms with E-state index >= 15 is 0 Å². The summed E-state index contributed by atoms with van der Waals surface area (Å²) in [7, 11) is 0. The Bertz CT molecular complexity index is 1390. The summed E-state index contributed by atoms with van der Waals surface area (Å²) in [5, 5.41) is 0. The Kier molecular flexibility index (Phi) is 1.31. The van der Waals surface area contributed by atoms with Gasteiger partial charge in [-0.15, -0.1) is 0 Å². The molecule has 0 amide bonds. The highest BCUT2D eigenvalue weighted by molar-refractivity contribution is 5.94. The largest absolute Gasteiger partial charge is 0.0616 e. The van der Waals surface area contributed by atoms with E-state index in [0.717, 1.165) is 44.8 Å². The van der Waals surface area contributed by atoms with Crippen LogP contribution in [0.4, 0.5) is 0 Å². The lowest BCUT2D eigenvalue weighted by Crippen LogP contribution is -3.45. The van der Waals surface area contributed by atoms with Crippen LogP contribution in [-0.4, -0.2) is 0 Å². The molecule has 13 aliphatic carbocycles. The summed E-state index contributed by atoms with van der Waals surface area (Å²) in [5.41, 5.74) is 10.5. The minimum absolute atomic E-state index is 0.455. The van der Waals surface area contributed by atoms with E-state index in [1.165, 1.54) is 5.92 Å². The van der Waals surface area contributed by atoms with Gasteiger partial charge in [-0.2, -0.15) is 0 Å². The van der Waals surface area contributed by atoms with Gasteiger partial charge in [0.1, 0.15) is 0 Å². The first-order chi connectivity index (χ1) is 15.0. The van der Waals surface area contributed by atoms with Gasteiger partial charge in [-0.1, -0.05) is 83.1 Å². The maximum atomic E-state index is 2.95. The van der Waals surface area contributed by atoms with E-state index in [-0.39, 0.29) is 0 Å². The third kappa shape index (κ3) is 0.443. The zero-order valence-corrected chi connectivity index (χ0v) is 23.0. The molecule has 0 bridgehead atoms. The number of rotatable bonds is 0. The van der Waals surface area contributed by atoms with Crippen molar-refractivity contribution < 1.29 is 0 Å². The second kappa shape index (κ2) is 2.59. The summed E-state index contributed by atoms with van der Waals surface area (Å²) in [6.07, 6.45) is 1.66. The van der Waals surface area contributed by atoms with Crippen LogP contribution in [0.1, 0.15) is 89.5 Å². The number of hydrogen-bond acceptors (Lipinski definition) is 0. The molecule has 33 heavy (non-hydrogen) atoms. The van der Waals surface area contributed by atoms with Crippen LogP contribution in [0.5, 0.6) is 0 Å². The summed E-state index contributed by atoms with van der Waals surface area (Å²) in [5.74, 6) is 4.47. The molecule has 18 unspecified atom stereocenters. The van der Waals surface area contributed by atoms with Crippen molar-refractivity contribution in [1.29, 1.82) is 0 Å². The minimum atomic E-state index is 0.455. The zero-order valence-electron chi connectivity index (χ0n) is 23.0. The molecular formula is C33H42. The molecule has 13 saturated carbocycles. The van der Waals surface area contributed by atoms with E-state index < -0.39 is 0 Å². The first kappa shape index (κ1) is 16.7. The lowest BCUT2D eigenvalue weighted by atomic mass is 8.56. The van der Waals surface area contributed by atoms with Gasteiger partial charge in [0.25, 0.3) is 0 Å². The molecule has 0 aromatic rings. The molecule has 18 atom stereocenters. The lowest BCUT2D eigenvalue weighted by molar-refractivity contribution is -1.02. The molecule has 0 N–H and O–H groups in total. The van der Waals surface area contributed by atoms with Gasteiger partial charge in [0.15, 0.2) is 0 Å². The summed E-state index contributed by atoms with van der Waals surface area (Å²) in [4.78, 5) is 0. The normalized spacial score (nSPS) is 102. The minimum Gasteiger partial charge on any atom is -0.0616 e. The Hall–Kier alpha value is 0. The van der Waals surface area contributed by atoms with E-state index in [9.17, 15) is 0 Å². The Morgan fingerprint density at radius 1 is 0.485 bits per heavy atom. The van der Waals surface area contributed by atoms with Gasteiger partial charge in [-0.3, -0.25) is 0 Å². The van der Waals surface area contributed by atoms with E-state index in [2.05, 4.69) is 83.1 Å². The van der Waals surface area contributed by atoms with E-state index in [1.807, 2.05) is 0 Å². The lowest BCUT2D eigenvalue weighted by Gasteiger charge is -3.47. The highest BCUT2D eigenvalue weighted by Crippen LogP contribution is 3.51. The maximum absolute atomic E-state index is 2.95. The molecule has 0 aromatic carbocycles. The molecule has 0 radical (unpaired) electrons.